The molecule has 1 aliphatic rings. The number of phenols is 1. The Kier molecular flexibility index (Phi) is 4.01. The number of carbonyl (C=O) groups is 1. The Morgan fingerprint density at radius 1 is 1.19 bits per heavy atom. The minimum atomic E-state index is -0.445. The number of amides is 1. The molecule has 6 heteroatoms. The third-order valence-electron chi connectivity index (χ3n) is 4.45. The van der Waals surface area contributed by atoms with Gasteiger partial charge in [-0.25, -0.2) is 0 Å². The molecule has 0 unspecified atom stereocenters. The van der Waals surface area contributed by atoms with Crippen LogP contribution in [0.25, 0.3) is 0 Å². The summed E-state index contributed by atoms with van der Waals surface area (Å²) in [6, 6.07) is 16.1. The highest BCUT2D eigenvalue weighted by Crippen LogP contribution is 2.37. The topological polar surface area (TPSA) is 74.9 Å². The van der Waals surface area contributed by atoms with E-state index in [4.69, 9.17) is 9.15 Å². The quantitative estimate of drug-likeness (QED) is 0.749. The summed E-state index contributed by atoms with van der Waals surface area (Å²) < 4.78 is 10.5. The van der Waals surface area contributed by atoms with Crippen molar-refractivity contribution in [2.24, 2.45) is 0 Å². The number of rotatable bonds is 4. The molecular weight excluding hydrogens is 332 g/mol. The van der Waals surface area contributed by atoms with Crippen LogP contribution in [-0.4, -0.2) is 23.0 Å². The molecule has 6 nitrogen and oxygen atoms in total. The van der Waals surface area contributed by atoms with Crippen LogP contribution in [-0.2, 0) is 6.54 Å². The fraction of sp³-hybridized carbons (Fsp3) is 0.150. The van der Waals surface area contributed by atoms with Gasteiger partial charge < -0.3 is 24.5 Å². The zero-order valence-electron chi connectivity index (χ0n) is 14.2. The average molecular weight is 350 g/mol. The van der Waals surface area contributed by atoms with Crippen LogP contribution in [0.5, 0.6) is 11.5 Å². The van der Waals surface area contributed by atoms with E-state index in [9.17, 15) is 9.90 Å². The van der Waals surface area contributed by atoms with Gasteiger partial charge in [0.2, 0.25) is 0 Å². The Balaban J connectivity index is 1.76. The Bertz CT molecular complexity index is 937. The van der Waals surface area contributed by atoms with Crippen molar-refractivity contribution in [2.45, 2.75) is 12.7 Å². The van der Waals surface area contributed by atoms with E-state index in [-0.39, 0.29) is 11.7 Å². The van der Waals surface area contributed by atoms with E-state index >= 15 is 0 Å². The van der Waals surface area contributed by atoms with Gasteiger partial charge in [-0.3, -0.25) is 4.79 Å². The molecule has 1 atom stereocenters. The lowest BCUT2D eigenvalue weighted by atomic mass is 10.0. The number of hydrogen-bond donors (Lipinski definition) is 2. The first-order chi connectivity index (χ1) is 12.7. The molecular formula is C20H18N2O4. The molecule has 0 saturated heterocycles. The van der Waals surface area contributed by atoms with E-state index in [0.717, 1.165) is 11.3 Å². The molecule has 2 aromatic carbocycles. The number of benzene rings is 2. The largest absolute Gasteiger partial charge is 0.504 e. The first-order valence-electron chi connectivity index (χ1n) is 8.23. The molecule has 2 heterocycles. The molecule has 0 spiro atoms. The molecule has 3 aromatic rings. The van der Waals surface area contributed by atoms with Gasteiger partial charge in [0.15, 0.2) is 11.5 Å². The van der Waals surface area contributed by atoms with Gasteiger partial charge in [0.05, 0.1) is 25.5 Å². The normalized spacial score (nSPS) is 16.1. The van der Waals surface area contributed by atoms with Crippen LogP contribution in [0.2, 0.25) is 0 Å². The lowest BCUT2D eigenvalue weighted by Crippen LogP contribution is -2.42. The molecule has 0 radical (unpaired) electrons. The highest BCUT2D eigenvalue weighted by molar-refractivity contribution is 6.01. The summed E-state index contributed by atoms with van der Waals surface area (Å²) in [5.74, 6) is 0.989. The summed E-state index contributed by atoms with van der Waals surface area (Å²) in [5, 5.41) is 13.5. The van der Waals surface area contributed by atoms with Crippen LogP contribution in [0.3, 0.4) is 0 Å². The zero-order chi connectivity index (χ0) is 18.1. The monoisotopic (exact) mass is 350 g/mol. The van der Waals surface area contributed by atoms with Crippen molar-refractivity contribution in [1.82, 2.24) is 4.90 Å². The van der Waals surface area contributed by atoms with Crippen molar-refractivity contribution >= 4 is 11.6 Å². The molecule has 0 bridgehead atoms. The third kappa shape index (κ3) is 2.75. The second kappa shape index (κ2) is 6.48. The number of ether oxygens (including phenoxy) is 1. The van der Waals surface area contributed by atoms with Crippen molar-refractivity contribution < 1.29 is 19.1 Å². The minimum absolute atomic E-state index is 0.0241. The second-order valence-corrected chi connectivity index (χ2v) is 6.04. The molecule has 1 aromatic heterocycles. The predicted octanol–water partition coefficient (Wildman–Crippen LogP) is 3.76. The van der Waals surface area contributed by atoms with Gasteiger partial charge in [-0.2, -0.15) is 0 Å². The summed E-state index contributed by atoms with van der Waals surface area (Å²) in [4.78, 5) is 14.8. The molecule has 4 rings (SSSR count). The van der Waals surface area contributed by atoms with Gasteiger partial charge >= 0.3 is 0 Å². The summed E-state index contributed by atoms with van der Waals surface area (Å²) in [5.41, 5.74) is 2.11. The SMILES string of the molecule is COc1ccc([C@@H]2Nc3ccccc3C(=O)N2Cc2ccco2)cc1O. The van der Waals surface area contributed by atoms with Crippen molar-refractivity contribution in [3.05, 3.63) is 77.7 Å². The van der Waals surface area contributed by atoms with Gasteiger partial charge in [-0.1, -0.05) is 18.2 Å². The second-order valence-electron chi connectivity index (χ2n) is 6.04. The van der Waals surface area contributed by atoms with Gasteiger partial charge in [-0.05, 0) is 42.0 Å². The molecule has 0 aliphatic carbocycles. The summed E-state index contributed by atoms with van der Waals surface area (Å²) in [7, 11) is 1.50. The van der Waals surface area contributed by atoms with Crippen molar-refractivity contribution in [1.29, 1.82) is 0 Å². The average Bonchev–Trinajstić information content (AvgIpc) is 3.17. The van der Waals surface area contributed by atoms with Gasteiger partial charge in [-0.15, -0.1) is 0 Å². The van der Waals surface area contributed by atoms with Crippen molar-refractivity contribution in [2.75, 3.05) is 12.4 Å². The zero-order valence-corrected chi connectivity index (χ0v) is 14.2. The van der Waals surface area contributed by atoms with E-state index in [2.05, 4.69) is 5.32 Å². The van der Waals surface area contributed by atoms with Crippen molar-refractivity contribution in [3.8, 4) is 11.5 Å². The van der Waals surface area contributed by atoms with E-state index in [1.807, 2.05) is 30.3 Å². The molecule has 26 heavy (non-hydrogen) atoms. The van der Waals surface area contributed by atoms with E-state index in [0.29, 0.717) is 23.6 Å². The fourth-order valence-corrected chi connectivity index (χ4v) is 3.17. The van der Waals surface area contributed by atoms with Crippen LogP contribution in [0.15, 0.2) is 65.3 Å². The number of fused-ring (bicyclic) bond motifs is 1. The number of nitrogens with zero attached hydrogens (tertiary/aromatic N) is 1. The minimum Gasteiger partial charge on any atom is -0.504 e. The maximum absolute atomic E-state index is 13.1. The maximum Gasteiger partial charge on any atom is 0.258 e. The number of aromatic hydroxyl groups is 1. The Morgan fingerprint density at radius 2 is 2.04 bits per heavy atom. The third-order valence-corrected chi connectivity index (χ3v) is 4.45. The molecule has 0 saturated carbocycles. The number of phenolic OH excluding ortho intramolecular Hbond substituents is 1. The summed E-state index contributed by atoms with van der Waals surface area (Å²) in [6.45, 7) is 0.310. The first kappa shape index (κ1) is 16.1. The summed E-state index contributed by atoms with van der Waals surface area (Å²) >= 11 is 0. The number of carbonyl (C=O) groups excluding carboxylic acids is 1. The molecule has 132 valence electrons. The van der Waals surface area contributed by atoms with Crippen LogP contribution >= 0.6 is 0 Å². The van der Waals surface area contributed by atoms with Gasteiger partial charge in [0, 0.05) is 5.69 Å². The standard InChI is InChI=1S/C20H18N2O4/c1-25-18-9-8-13(11-17(18)23)19-21-16-7-3-2-6-15(16)20(24)22(19)12-14-5-4-10-26-14/h2-11,19,21,23H,12H2,1H3/t19-/m1/s1. The highest BCUT2D eigenvalue weighted by Gasteiger charge is 2.33. The highest BCUT2D eigenvalue weighted by atomic mass is 16.5. The number of furan rings is 1. The predicted molar refractivity (Wildman–Crippen MR) is 96.0 cm³/mol. The molecule has 1 aliphatic heterocycles. The van der Waals surface area contributed by atoms with Crippen LogP contribution in [0.4, 0.5) is 5.69 Å². The Morgan fingerprint density at radius 3 is 2.77 bits per heavy atom. The first-order valence-corrected chi connectivity index (χ1v) is 8.23. The van der Waals surface area contributed by atoms with Crippen LogP contribution in [0, 0.1) is 0 Å². The van der Waals surface area contributed by atoms with Crippen LogP contribution < -0.4 is 10.1 Å². The lowest BCUT2D eigenvalue weighted by molar-refractivity contribution is 0.0651. The number of methoxy groups -OCH3 is 1. The summed E-state index contributed by atoms with van der Waals surface area (Å²) in [6.07, 6.45) is 1.14. The number of nitrogens with one attached hydrogen (secondary N) is 1. The van der Waals surface area contributed by atoms with E-state index in [1.165, 1.54) is 7.11 Å². The molecule has 1 amide bonds. The Labute approximate surface area is 150 Å². The van der Waals surface area contributed by atoms with E-state index in [1.54, 1.807) is 35.4 Å². The van der Waals surface area contributed by atoms with Gasteiger partial charge in [0.25, 0.3) is 5.91 Å². The van der Waals surface area contributed by atoms with Crippen LogP contribution in [0.1, 0.15) is 27.8 Å². The van der Waals surface area contributed by atoms with Crippen molar-refractivity contribution in [3.63, 3.8) is 0 Å². The molecule has 2 N–H and O–H groups in total. The smallest absolute Gasteiger partial charge is 0.258 e. The van der Waals surface area contributed by atoms with E-state index < -0.39 is 6.17 Å². The number of para-hydroxylation sites is 1. The fourth-order valence-electron chi connectivity index (χ4n) is 3.17. The number of anilines is 1. The maximum atomic E-state index is 13.1. The Hall–Kier alpha value is -3.41. The number of hydrogen-bond acceptors (Lipinski definition) is 5. The van der Waals surface area contributed by atoms with Gasteiger partial charge in [0.1, 0.15) is 11.9 Å². The lowest BCUT2D eigenvalue weighted by Gasteiger charge is -2.37. The molecule has 0 fully saturated rings.